The number of benzene rings is 1. The number of rotatable bonds is 4. The van der Waals surface area contributed by atoms with E-state index in [0.29, 0.717) is 51.1 Å². The largest absolute Gasteiger partial charge is 0.481 e. The first-order valence-electron chi connectivity index (χ1n) is 9.45. The van der Waals surface area contributed by atoms with Crippen LogP contribution in [0.3, 0.4) is 0 Å². The lowest BCUT2D eigenvalue weighted by Crippen LogP contribution is -2.49. The first-order valence-corrected chi connectivity index (χ1v) is 11.3. The molecule has 2 amide bonds. The average Bonchev–Trinajstić information content (AvgIpc) is 2.66. The number of para-hydroxylation sites is 1. The highest BCUT2D eigenvalue weighted by Crippen LogP contribution is 2.31. The van der Waals surface area contributed by atoms with Crippen LogP contribution in [0.5, 0.6) is 0 Å². The molecule has 28 heavy (non-hydrogen) atoms. The fourth-order valence-corrected chi connectivity index (χ4v) is 5.11. The molecule has 1 aromatic carbocycles. The van der Waals surface area contributed by atoms with Gasteiger partial charge in [0, 0.05) is 33.2 Å². The Kier molecular flexibility index (Phi) is 5.83. The summed E-state index contributed by atoms with van der Waals surface area (Å²) in [4.78, 5) is 27.1. The van der Waals surface area contributed by atoms with Crippen molar-refractivity contribution in [1.82, 2.24) is 9.80 Å². The van der Waals surface area contributed by atoms with Gasteiger partial charge in [-0.2, -0.15) is 0 Å². The van der Waals surface area contributed by atoms with E-state index in [9.17, 15) is 18.0 Å². The fourth-order valence-electron chi connectivity index (χ4n) is 4.10. The van der Waals surface area contributed by atoms with Crippen LogP contribution >= 0.6 is 0 Å². The maximum absolute atomic E-state index is 12.7. The van der Waals surface area contributed by atoms with Gasteiger partial charge in [-0.25, -0.2) is 13.2 Å². The van der Waals surface area contributed by atoms with Crippen LogP contribution in [0.25, 0.3) is 0 Å². The number of sulfonamides is 1. The minimum absolute atomic E-state index is 0.00451. The summed E-state index contributed by atoms with van der Waals surface area (Å²) in [7, 11) is -1.68. The summed E-state index contributed by atoms with van der Waals surface area (Å²) in [6.45, 7) is 1.65. The normalized spacial score (nSPS) is 20.6. The molecule has 0 bridgehead atoms. The summed E-state index contributed by atoms with van der Waals surface area (Å²) >= 11 is 0. The molecule has 2 heterocycles. The smallest absolute Gasteiger partial charge is 0.319 e. The second-order valence-corrected chi connectivity index (χ2v) is 9.66. The molecule has 3 rings (SSSR count). The molecule has 0 radical (unpaired) electrons. The number of hydrogen-bond acceptors (Lipinski definition) is 4. The number of piperidine rings is 1. The third-order valence-corrected chi connectivity index (χ3v) is 6.71. The number of carbonyl (C=O) groups is 2. The minimum Gasteiger partial charge on any atom is -0.481 e. The van der Waals surface area contributed by atoms with Crippen molar-refractivity contribution in [3.05, 3.63) is 29.8 Å². The third kappa shape index (κ3) is 4.40. The highest BCUT2D eigenvalue weighted by atomic mass is 32.2. The third-order valence-electron chi connectivity index (χ3n) is 5.57. The average molecular weight is 410 g/mol. The van der Waals surface area contributed by atoms with Gasteiger partial charge in [0.15, 0.2) is 0 Å². The Hall–Kier alpha value is -2.29. The predicted octanol–water partition coefficient (Wildman–Crippen LogP) is 1.47. The van der Waals surface area contributed by atoms with Crippen LogP contribution in [-0.2, 0) is 21.2 Å². The van der Waals surface area contributed by atoms with Gasteiger partial charge in [0.1, 0.15) is 0 Å². The van der Waals surface area contributed by atoms with Gasteiger partial charge in [-0.15, -0.1) is 0 Å². The molecule has 0 saturated carbocycles. The summed E-state index contributed by atoms with van der Waals surface area (Å²) in [5.74, 6) is -1.19. The number of amides is 2. The number of aliphatic carboxylic acids is 1. The number of carboxylic acid groups (broad SMARTS) is 1. The lowest BCUT2D eigenvalue weighted by atomic mass is 9.93. The molecule has 2 aliphatic rings. The zero-order valence-corrected chi connectivity index (χ0v) is 17.1. The van der Waals surface area contributed by atoms with Gasteiger partial charge in [0.2, 0.25) is 10.0 Å². The first-order chi connectivity index (χ1) is 13.2. The van der Waals surface area contributed by atoms with Gasteiger partial charge in [-0.05, 0) is 36.8 Å². The Bertz CT molecular complexity index is 849. The molecule has 1 N–H and O–H groups in total. The van der Waals surface area contributed by atoms with Crippen molar-refractivity contribution in [1.29, 1.82) is 0 Å². The minimum atomic E-state index is -3.40. The highest BCUT2D eigenvalue weighted by Gasteiger charge is 2.33. The van der Waals surface area contributed by atoms with Gasteiger partial charge in [-0.3, -0.25) is 9.10 Å². The molecule has 154 valence electrons. The zero-order valence-electron chi connectivity index (χ0n) is 16.2. The number of carbonyl (C=O) groups excluding carboxylic acids is 1. The van der Waals surface area contributed by atoms with Crippen molar-refractivity contribution < 1.29 is 23.1 Å². The molecule has 0 unspecified atom stereocenters. The topological polar surface area (TPSA) is 98.2 Å². The Morgan fingerprint density at radius 3 is 2.46 bits per heavy atom. The van der Waals surface area contributed by atoms with E-state index in [1.807, 2.05) is 24.3 Å². The quantitative estimate of drug-likeness (QED) is 0.812. The zero-order chi connectivity index (χ0) is 20.5. The number of likely N-dealkylation sites (tertiary alicyclic amines) is 1. The lowest BCUT2D eigenvalue weighted by Gasteiger charge is -2.38. The fraction of sp³-hybridized carbons (Fsp3) is 0.579. The van der Waals surface area contributed by atoms with E-state index in [1.54, 1.807) is 16.8 Å². The second kappa shape index (κ2) is 7.98. The Morgan fingerprint density at radius 1 is 1.21 bits per heavy atom. The molecule has 9 heteroatoms. The van der Waals surface area contributed by atoms with E-state index in [2.05, 4.69) is 0 Å². The number of carboxylic acids is 1. The van der Waals surface area contributed by atoms with Gasteiger partial charge in [0.05, 0.1) is 17.9 Å². The molecule has 1 saturated heterocycles. The number of fused-ring (bicyclic) bond motifs is 1. The van der Waals surface area contributed by atoms with Crippen LogP contribution in [0.15, 0.2) is 24.3 Å². The predicted molar refractivity (Wildman–Crippen MR) is 106 cm³/mol. The molecule has 0 aliphatic carbocycles. The molecule has 0 spiro atoms. The summed E-state index contributed by atoms with van der Waals surface area (Å²) in [5, 5.41) is 9.09. The SMILES string of the molecule is CN(C[C@@H]1Cc2ccccc2N(S(C)(=O)=O)C1)C(=O)N1CCC(C(=O)O)CC1. The highest BCUT2D eigenvalue weighted by molar-refractivity contribution is 7.92. The van der Waals surface area contributed by atoms with E-state index >= 15 is 0 Å². The maximum atomic E-state index is 12.7. The van der Waals surface area contributed by atoms with Crippen LogP contribution < -0.4 is 4.31 Å². The van der Waals surface area contributed by atoms with Crippen molar-refractivity contribution in [2.45, 2.75) is 19.3 Å². The second-order valence-electron chi connectivity index (χ2n) is 7.76. The molecule has 1 fully saturated rings. The first kappa shape index (κ1) is 20.4. The van der Waals surface area contributed by atoms with Crippen LogP contribution in [0.1, 0.15) is 18.4 Å². The molecular weight excluding hydrogens is 382 g/mol. The number of urea groups is 1. The van der Waals surface area contributed by atoms with Gasteiger partial charge in [0.25, 0.3) is 0 Å². The van der Waals surface area contributed by atoms with Crippen LogP contribution in [0.2, 0.25) is 0 Å². The molecule has 1 atom stereocenters. The summed E-state index contributed by atoms with van der Waals surface area (Å²) < 4.78 is 25.9. The van der Waals surface area contributed by atoms with Crippen molar-refractivity contribution in [2.75, 3.05) is 43.8 Å². The molecule has 1 aromatic rings. The summed E-state index contributed by atoms with van der Waals surface area (Å²) in [6, 6.07) is 7.33. The van der Waals surface area contributed by atoms with Crippen molar-refractivity contribution in [2.24, 2.45) is 11.8 Å². The van der Waals surface area contributed by atoms with Crippen LogP contribution in [0.4, 0.5) is 10.5 Å². The van der Waals surface area contributed by atoms with E-state index in [-0.39, 0.29) is 17.9 Å². The molecule has 0 aromatic heterocycles. The molecule has 2 aliphatic heterocycles. The monoisotopic (exact) mass is 409 g/mol. The van der Waals surface area contributed by atoms with Crippen molar-refractivity contribution in [3.8, 4) is 0 Å². The van der Waals surface area contributed by atoms with E-state index in [4.69, 9.17) is 5.11 Å². The standard InChI is InChI=1S/C19H27N3O5S/c1-20(19(25)21-9-7-15(8-10-21)18(23)24)12-14-11-16-5-3-4-6-17(16)22(13-14)28(2,26)27/h3-6,14-15H,7-13H2,1-2H3,(H,23,24)/t14-/m0/s1. The summed E-state index contributed by atoms with van der Waals surface area (Å²) in [6.07, 6.45) is 2.84. The van der Waals surface area contributed by atoms with Crippen LogP contribution in [0, 0.1) is 11.8 Å². The molecule has 8 nitrogen and oxygen atoms in total. The van der Waals surface area contributed by atoms with Gasteiger partial charge < -0.3 is 14.9 Å². The van der Waals surface area contributed by atoms with Crippen molar-refractivity contribution >= 4 is 27.7 Å². The van der Waals surface area contributed by atoms with Gasteiger partial charge in [-0.1, -0.05) is 18.2 Å². The number of nitrogens with zero attached hydrogens (tertiary/aromatic N) is 3. The van der Waals surface area contributed by atoms with Gasteiger partial charge >= 0.3 is 12.0 Å². The molecular formula is C19H27N3O5S. The van der Waals surface area contributed by atoms with Crippen LogP contribution in [-0.4, -0.2) is 74.8 Å². The Balaban J connectivity index is 1.65. The van der Waals surface area contributed by atoms with Crippen molar-refractivity contribution in [3.63, 3.8) is 0 Å². The lowest BCUT2D eigenvalue weighted by molar-refractivity contribution is -0.143. The van der Waals surface area contributed by atoms with E-state index in [1.165, 1.54) is 10.6 Å². The Morgan fingerprint density at radius 2 is 1.86 bits per heavy atom. The Labute approximate surface area is 165 Å². The number of hydrogen-bond donors (Lipinski definition) is 1. The van der Waals surface area contributed by atoms with E-state index in [0.717, 1.165) is 5.56 Å². The number of anilines is 1. The maximum Gasteiger partial charge on any atom is 0.319 e. The summed E-state index contributed by atoms with van der Waals surface area (Å²) in [5.41, 5.74) is 1.68. The van der Waals surface area contributed by atoms with E-state index < -0.39 is 16.0 Å².